The fraction of sp³-hybridized carbons (Fsp3) is 0.125. The zero-order valence-corrected chi connectivity index (χ0v) is 7.72. The highest BCUT2D eigenvalue weighted by Crippen LogP contribution is 2.45. The van der Waals surface area contributed by atoms with Crippen molar-refractivity contribution in [1.29, 1.82) is 0 Å². The van der Waals surface area contributed by atoms with Gasteiger partial charge in [-0.2, -0.15) is 4.99 Å². The van der Waals surface area contributed by atoms with Crippen molar-refractivity contribution >= 4 is 23.4 Å². The highest BCUT2D eigenvalue weighted by molar-refractivity contribution is 6.33. The van der Waals surface area contributed by atoms with Crippen LogP contribution in [0.15, 0.2) is 17.1 Å². The van der Waals surface area contributed by atoms with Crippen molar-refractivity contribution in [2.75, 3.05) is 0 Å². The van der Waals surface area contributed by atoms with Crippen LogP contribution in [0.1, 0.15) is 0 Å². The molecule has 0 N–H and O–H groups in total. The van der Waals surface area contributed by atoms with E-state index in [9.17, 15) is 13.6 Å². The Kier molecular flexibility index (Phi) is 2.10. The number of alkyl halides is 2. The number of hydrogen-bond donors (Lipinski definition) is 0. The first kappa shape index (κ1) is 9.89. The van der Waals surface area contributed by atoms with Crippen LogP contribution in [0, 0.1) is 0 Å². The molecule has 0 saturated heterocycles. The molecule has 0 aliphatic carbocycles. The summed E-state index contributed by atoms with van der Waals surface area (Å²) in [5, 5.41) is -0.00148. The molecule has 7 heteroatoms. The molecule has 0 atom stereocenters. The number of rotatable bonds is 1. The molecule has 0 amide bonds. The minimum Gasteiger partial charge on any atom is -0.395 e. The highest BCUT2D eigenvalue weighted by atomic mass is 35.5. The summed E-state index contributed by atoms with van der Waals surface area (Å²) in [5.41, 5.74) is -0.00767. The van der Waals surface area contributed by atoms with Gasteiger partial charge in [-0.25, -0.2) is 4.79 Å². The summed E-state index contributed by atoms with van der Waals surface area (Å²) in [7, 11) is 0. The van der Waals surface area contributed by atoms with Gasteiger partial charge < -0.3 is 9.47 Å². The van der Waals surface area contributed by atoms with Crippen LogP contribution in [0.25, 0.3) is 0 Å². The molecule has 0 unspecified atom stereocenters. The molecule has 0 radical (unpaired) electrons. The molecule has 1 aromatic carbocycles. The van der Waals surface area contributed by atoms with E-state index in [2.05, 4.69) is 14.5 Å². The molecule has 78 valence electrons. The largest absolute Gasteiger partial charge is 0.586 e. The third-order valence-corrected chi connectivity index (χ3v) is 1.94. The Hall–Kier alpha value is -1.65. The van der Waals surface area contributed by atoms with Crippen molar-refractivity contribution in [3.63, 3.8) is 0 Å². The SMILES string of the molecule is O=C=Nc1cc2c(cc1Cl)OC(F)(F)O2. The molecule has 1 aromatic rings. The molecule has 0 spiro atoms. The Morgan fingerprint density at radius 2 is 1.93 bits per heavy atom. The Balaban J connectivity index is 2.49. The fourth-order valence-corrected chi connectivity index (χ4v) is 1.29. The molecule has 1 heterocycles. The number of halogens is 3. The van der Waals surface area contributed by atoms with E-state index in [-0.39, 0.29) is 22.2 Å². The van der Waals surface area contributed by atoms with E-state index < -0.39 is 6.29 Å². The van der Waals surface area contributed by atoms with E-state index in [0.29, 0.717) is 0 Å². The van der Waals surface area contributed by atoms with Gasteiger partial charge in [-0.05, 0) is 0 Å². The van der Waals surface area contributed by atoms with Crippen molar-refractivity contribution in [3.05, 3.63) is 17.2 Å². The van der Waals surface area contributed by atoms with Crippen LogP contribution in [0.3, 0.4) is 0 Å². The molecular formula is C8H2ClF2NO3. The van der Waals surface area contributed by atoms with Crippen molar-refractivity contribution < 1.29 is 23.0 Å². The second kappa shape index (κ2) is 3.18. The number of hydrogen-bond acceptors (Lipinski definition) is 4. The van der Waals surface area contributed by atoms with Gasteiger partial charge in [0.1, 0.15) is 0 Å². The topological polar surface area (TPSA) is 47.9 Å². The standard InChI is InChI=1S/C8H2ClF2NO3/c9-4-1-6-7(2-5(4)12-3-13)15-8(10,11)14-6/h1-2H. The summed E-state index contributed by atoms with van der Waals surface area (Å²) < 4.78 is 33.4. The maximum atomic E-state index is 12.6. The Bertz CT molecular complexity index is 471. The number of aliphatic imine (C=N–C) groups is 1. The minimum absolute atomic E-state index is 0.00148. The van der Waals surface area contributed by atoms with E-state index in [4.69, 9.17) is 11.6 Å². The number of carbonyl (C=O) groups excluding carboxylic acids is 1. The van der Waals surface area contributed by atoms with Crippen LogP contribution in [0.2, 0.25) is 5.02 Å². The molecule has 1 aliphatic rings. The Morgan fingerprint density at radius 3 is 2.53 bits per heavy atom. The van der Waals surface area contributed by atoms with Gasteiger partial charge in [0, 0.05) is 12.1 Å². The van der Waals surface area contributed by atoms with E-state index in [1.54, 1.807) is 0 Å². The average Bonchev–Trinajstić information content (AvgIpc) is 2.39. The Morgan fingerprint density at radius 1 is 1.33 bits per heavy atom. The summed E-state index contributed by atoms with van der Waals surface area (Å²) in [5.74, 6) is -0.423. The summed E-state index contributed by atoms with van der Waals surface area (Å²) in [4.78, 5) is 13.2. The number of nitrogens with zero attached hydrogens (tertiary/aromatic N) is 1. The number of benzene rings is 1. The lowest BCUT2D eigenvalue weighted by molar-refractivity contribution is -0.286. The molecular weight excluding hydrogens is 232 g/mol. The first-order valence-electron chi connectivity index (χ1n) is 3.69. The van der Waals surface area contributed by atoms with Gasteiger partial charge in [0.15, 0.2) is 11.5 Å². The smallest absolute Gasteiger partial charge is 0.395 e. The zero-order valence-electron chi connectivity index (χ0n) is 6.96. The fourth-order valence-electron chi connectivity index (χ4n) is 1.10. The number of fused-ring (bicyclic) bond motifs is 1. The molecule has 0 aromatic heterocycles. The third-order valence-electron chi connectivity index (χ3n) is 1.64. The van der Waals surface area contributed by atoms with E-state index in [0.717, 1.165) is 12.1 Å². The summed E-state index contributed by atoms with van der Waals surface area (Å²) >= 11 is 5.63. The zero-order chi connectivity index (χ0) is 11.1. The van der Waals surface area contributed by atoms with Crippen LogP contribution in [0.4, 0.5) is 14.5 Å². The van der Waals surface area contributed by atoms with Crippen molar-refractivity contribution in [2.45, 2.75) is 6.29 Å². The van der Waals surface area contributed by atoms with Gasteiger partial charge in [0.2, 0.25) is 6.08 Å². The predicted octanol–water partition coefficient (Wildman–Crippen LogP) is 2.63. The van der Waals surface area contributed by atoms with Gasteiger partial charge in [0.25, 0.3) is 0 Å². The van der Waals surface area contributed by atoms with Gasteiger partial charge in [-0.15, -0.1) is 8.78 Å². The van der Waals surface area contributed by atoms with Gasteiger partial charge in [-0.1, -0.05) is 11.6 Å². The quantitative estimate of drug-likeness (QED) is 0.553. The van der Waals surface area contributed by atoms with E-state index in [1.807, 2.05) is 0 Å². The summed E-state index contributed by atoms with van der Waals surface area (Å²) in [6.07, 6.45) is -2.47. The molecule has 0 bridgehead atoms. The second-order valence-corrected chi connectivity index (χ2v) is 3.03. The van der Waals surface area contributed by atoms with Crippen molar-refractivity contribution in [3.8, 4) is 11.5 Å². The Labute approximate surface area is 87.1 Å². The lowest BCUT2D eigenvalue weighted by Crippen LogP contribution is -2.25. The maximum absolute atomic E-state index is 12.6. The van der Waals surface area contributed by atoms with Gasteiger partial charge in [-0.3, -0.25) is 0 Å². The second-order valence-electron chi connectivity index (χ2n) is 2.62. The normalized spacial score (nSPS) is 15.9. The first-order chi connectivity index (χ1) is 7.02. The number of ether oxygens (including phenoxy) is 2. The predicted molar refractivity (Wildman–Crippen MR) is 45.4 cm³/mol. The van der Waals surface area contributed by atoms with Crippen LogP contribution in [-0.2, 0) is 4.79 Å². The highest BCUT2D eigenvalue weighted by Gasteiger charge is 2.43. The average molecular weight is 234 g/mol. The van der Waals surface area contributed by atoms with Crippen LogP contribution in [-0.4, -0.2) is 12.4 Å². The lowest BCUT2D eigenvalue weighted by Gasteiger charge is -2.04. The third kappa shape index (κ3) is 1.77. The molecule has 0 saturated carbocycles. The molecule has 4 nitrogen and oxygen atoms in total. The van der Waals surface area contributed by atoms with Crippen molar-refractivity contribution in [2.24, 2.45) is 4.99 Å². The molecule has 15 heavy (non-hydrogen) atoms. The maximum Gasteiger partial charge on any atom is 0.586 e. The monoisotopic (exact) mass is 233 g/mol. The molecule has 1 aliphatic heterocycles. The lowest BCUT2D eigenvalue weighted by atomic mass is 10.3. The van der Waals surface area contributed by atoms with Crippen LogP contribution >= 0.6 is 11.6 Å². The van der Waals surface area contributed by atoms with E-state index >= 15 is 0 Å². The first-order valence-corrected chi connectivity index (χ1v) is 4.07. The van der Waals surface area contributed by atoms with Gasteiger partial charge >= 0.3 is 6.29 Å². The van der Waals surface area contributed by atoms with Crippen LogP contribution in [0.5, 0.6) is 11.5 Å². The minimum atomic E-state index is -3.71. The van der Waals surface area contributed by atoms with Gasteiger partial charge in [0.05, 0.1) is 10.7 Å². The summed E-state index contributed by atoms with van der Waals surface area (Å²) in [6.45, 7) is 0. The van der Waals surface area contributed by atoms with Crippen LogP contribution < -0.4 is 9.47 Å². The molecule has 2 rings (SSSR count). The van der Waals surface area contributed by atoms with Crippen molar-refractivity contribution in [1.82, 2.24) is 0 Å². The van der Waals surface area contributed by atoms with E-state index in [1.165, 1.54) is 6.08 Å². The molecule has 0 fully saturated rings. The summed E-state index contributed by atoms with van der Waals surface area (Å²) in [6, 6.07) is 2.16. The number of isocyanates is 1.